The molecule has 24 heavy (non-hydrogen) atoms. The Hall–Kier alpha value is -1.56. The largest absolute Gasteiger partial charge is 0.381 e. The van der Waals surface area contributed by atoms with Gasteiger partial charge < -0.3 is 19.5 Å². The molecule has 1 fully saturated rings. The van der Waals surface area contributed by atoms with E-state index in [1.54, 1.807) is 0 Å². The molecule has 1 saturated heterocycles. The lowest BCUT2D eigenvalue weighted by Crippen LogP contribution is -2.39. The van der Waals surface area contributed by atoms with Crippen molar-refractivity contribution >= 4 is 5.96 Å². The van der Waals surface area contributed by atoms with E-state index in [4.69, 9.17) is 9.72 Å². The summed E-state index contributed by atoms with van der Waals surface area (Å²) in [5.41, 5.74) is 1.12. The number of imidazole rings is 1. The van der Waals surface area contributed by atoms with Crippen molar-refractivity contribution in [3.63, 3.8) is 0 Å². The minimum Gasteiger partial charge on any atom is -0.381 e. The molecule has 1 N–H and O–H groups in total. The van der Waals surface area contributed by atoms with Crippen molar-refractivity contribution in [2.45, 2.75) is 51.6 Å². The molecule has 0 aliphatic carbocycles. The van der Waals surface area contributed by atoms with Crippen LogP contribution in [0.4, 0.5) is 0 Å². The van der Waals surface area contributed by atoms with Crippen LogP contribution in [0.2, 0.25) is 0 Å². The fourth-order valence-corrected chi connectivity index (χ4v) is 3.63. The number of fused-ring (bicyclic) bond motifs is 1. The number of nitrogens with zero attached hydrogens (tertiary/aromatic N) is 4. The molecule has 0 spiro atoms. The third-order valence-corrected chi connectivity index (χ3v) is 5.17. The third kappa shape index (κ3) is 4.50. The molecule has 1 aromatic rings. The highest BCUT2D eigenvalue weighted by molar-refractivity contribution is 5.79. The van der Waals surface area contributed by atoms with Crippen LogP contribution in [0.25, 0.3) is 0 Å². The molecule has 2 aliphatic heterocycles. The van der Waals surface area contributed by atoms with E-state index >= 15 is 0 Å². The summed E-state index contributed by atoms with van der Waals surface area (Å²) in [5, 5.41) is 3.46. The molecule has 3 rings (SSSR count). The van der Waals surface area contributed by atoms with Gasteiger partial charge in [0.2, 0.25) is 0 Å². The van der Waals surface area contributed by atoms with E-state index in [2.05, 4.69) is 33.0 Å². The lowest BCUT2D eigenvalue weighted by molar-refractivity contribution is 0.0625. The van der Waals surface area contributed by atoms with Crippen molar-refractivity contribution in [2.75, 3.05) is 33.9 Å². The number of nitrogens with one attached hydrogen (secondary N) is 1. The highest BCUT2D eigenvalue weighted by Gasteiger charge is 2.16. The van der Waals surface area contributed by atoms with Crippen LogP contribution < -0.4 is 5.32 Å². The Morgan fingerprint density at radius 2 is 2.25 bits per heavy atom. The van der Waals surface area contributed by atoms with Gasteiger partial charge in [-0.15, -0.1) is 0 Å². The van der Waals surface area contributed by atoms with Gasteiger partial charge in [0.05, 0.1) is 12.2 Å². The lowest BCUT2D eigenvalue weighted by atomic mass is 9.96. The molecule has 2 aliphatic rings. The summed E-state index contributed by atoms with van der Waals surface area (Å²) < 4.78 is 7.74. The number of ether oxygens (including phenoxy) is 1. The fourth-order valence-electron chi connectivity index (χ4n) is 3.63. The maximum Gasteiger partial charge on any atom is 0.193 e. The number of hydrogen-bond donors (Lipinski definition) is 1. The second kappa shape index (κ2) is 8.51. The van der Waals surface area contributed by atoms with Gasteiger partial charge in [-0.3, -0.25) is 4.99 Å². The fraction of sp³-hybridized carbons (Fsp3) is 0.778. The molecule has 0 bridgehead atoms. The molecule has 0 aromatic carbocycles. The maximum atomic E-state index is 5.44. The zero-order chi connectivity index (χ0) is 16.8. The molecule has 3 heterocycles. The van der Waals surface area contributed by atoms with Crippen LogP contribution in [0.5, 0.6) is 0 Å². The van der Waals surface area contributed by atoms with Gasteiger partial charge in [-0.1, -0.05) is 0 Å². The van der Waals surface area contributed by atoms with Crippen molar-refractivity contribution in [3.05, 3.63) is 17.7 Å². The van der Waals surface area contributed by atoms with Gasteiger partial charge in [-0.2, -0.15) is 0 Å². The zero-order valence-electron chi connectivity index (χ0n) is 15.1. The Morgan fingerprint density at radius 1 is 1.42 bits per heavy atom. The summed E-state index contributed by atoms with van der Waals surface area (Å²) in [5.74, 6) is 2.98. The van der Waals surface area contributed by atoms with Gasteiger partial charge in [0.1, 0.15) is 5.82 Å². The predicted molar refractivity (Wildman–Crippen MR) is 96.2 cm³/mol. The molecule has 134 valence electrons. The van der Waals surface area contributed by atoms with E-state index in [9.17, 15) is 0 Å². The van der Waals surface area contributed by atoms with Gasteiger partial charge >= 0.3 is 0 Å². The second-order valence-electron chi connectivity index (χ2n) is 6.97. The summed E-state index contributed by atoms with van der Waals surface area (Å²) in [6, 6.07) is 0. The summed E-state index contributed by atoms with van der Waals surface area (Å²) in [6.07, 6.45) is 9.43. The Labute approximate surface area is 145 Å². The summed E-state index contributed by atoms with van der Waals surface area (Å²) in [7, 11) is 3.97. The molecule has 0 saturated carbocycles. The standard InChI is InChI=1S/C18H31N5O/c1-19-18(22(2)10-6-15-7-11-24-12-8-15)20-13-16-14-23-9-4-3-5-17(23)21-16/h14-15H,3-13H2,1-2H3,(H,19,20). The molecule has 0 amide bonds. The molecular weight excluding hydrogens is 302 g/mol. The first-order chi connectivity index (χ1) is 11.8. The maximum absolute atomic E-state index is 5.44. The van der Waals surface area contributed by atoms with Gasteiger partial charge in [0, 0.05) is 53.0 Å². The normalized spacial score (nSPS) is 19.2. The third-order valence-electron chi connectivity index (χ3n) is 5.17. The van der Waals surface area contributed by atoms with E-state index < -0.39 is 0 Å². The van der Waals surface area contributed by atoms with Crippen LogP contribution in [0.3, 0.4) is 0 Å². The van der Waals surface area contributed by atoms with Crippen molar-refractivity contribution in [3.8, 4) is 0 Å². The quantitative estimate of drug-likeness (QED) is 0.662. The van der Waals surface area contributed by atoms with Crippen LogP contribution in [0.15, 0.2) is 11.2 Å². The summed E-state index contributed by atoms with van der Waals surface area (Å²) in [6.45, 7) is 4.74. The average Bonchev–Trinajstić information content (AvgIpc) is 3.04. The van der Waals surface area contributed by atoms with E-state index in [1.807, 2.05) is 7.05 Å². The lowest BCUT2D eigenvalue weighted by Gasteiger charge is -2.26. The summed E-state index contributed by atoms with van der Waals surface area (Å²) in [4.78, 5) is 11.4. The number of hydrogen-bond acceptors (Lipinski definition) is 3. The van der Waals surface area contributed by atoms with Gasteiger partial charge in [-0.05, 0) is 38.0 Å². The topological polar surface area (TPSA) is 54.7 Å². The monoisotopic (exact) mass is 333 g/mol. The van der Waals surface area contributed by atoms with Crippen molar-refractivity contribution in [1.82, 2.24) is 19.8 Å². The van der Waals surface area contributed by atoms with Crippen molar-refractivity contribution in [2.24, 2.45) is 10.9 Å². The zero-order valence-corrected chi connectivity index (χ0v) is 15.1. The first-order valence-electron chi connectivity index (χ1n) is 9.30. The number of rotatable bonds is 5. The first-order valence-corrected chi connectivity index (χ1v) is 9.30. The minimum atomic E-state index is 0.744. The molecule has 0 radical (unpaired) electrons. The van der Waals surface area contributed by atoms with Crippen LogP contribution in [-0.4, -0.2) is 54.3 Å². The molecule has 1 aromatic heterocycles. The van der Waals surface area contributed by atoms with Crippen molar-refractivity contribution in [1.29, 1.82) is 0 Å². The SMILES string of the molecule is CN=C(NCc1cn2c(n1)CCCC2)N(C)CCC1CCOCC1. The highest BCUT2D eigenvalue weighted by atomic mass is 16.5. The Kier molecular flexibility index (Phi) is 6.12. The minimum absolute atomic E-state index is 0.744. The van der Waals surface area contributed by atoms with Crippen LogP contribution in [0.1, 0.15) is 43.6 Å². The highest BCUT2D eigenvalue weighted by Crippen LogP contribution is 2.18. The second-order valence-corrected chi connectivity index (χ2v) is 6.97. The number of aromatic nitrogens is 2. The van der Waals surface area contributed by atoms with E-state index in [-0.39, 0.29) is 0 Å². The van der Waals surface area contributed by atoms with E-state index in [1.165, 1.54) is 37.9 Å². The van der Waals surface area contributed by atoms with E-state index in [0.29, 0.717) is 0 Å². The molecule has 6 heteroatoms. The predicted octanol–water partition coefficient (Wildman–Crippen LogP) is 2.04. The van der Waals surface area contributed by atoms with Crippen LogP contribution in [0, 0.1) is 5.92 Å². The Bertz CT molecular complexity index is 524. The molecular formula is C18H31N5O. The van der Waals surface area contributed by atoms with Gasteiger partial charge in [0.15, 0.2) is 5.96 Å². The van der Waals surface area contributed by atoms with Gasteiger partial charge in [0.25, 0.3) is 0 Å². The number of guanidine groups is 1. The smallest absolute Gasteiger partial charge is 0.193 e. The molecule has 0 unspecified atom stereocenters. The van der Waals surface area contributed by atoms with Crippen molar-refractivity contribution < 1.29 is 4.74 Å². The molecule has 6 nitrogen and oxygen atoms in total. The Balaban J connectivity index is 1.46. The first kappa shape index (κ1) is 17.3. The summed E-state index contributed by atoms with van der Waals surface area (Å²) >= 11 is 0. The number of aliphatic imine (C=N–C) groups is 1. The average molecular weight is 333 g/mol. The van der Waals surface area contributed by atoms with Gasteiger partial charge in [-0.25, -0.2) is 4.98 Å². The molecule has 0 atom stereocenters. The van der Waals surface area contributed by atoms with Crippen LogP contribution in [-0.2, 0) is 24.2 Å². The Morgan fingerprint density at radius 3 is 3.00 bits per heavy atom. The van der Waals surface area contributed by atoms with E-state index in [0.717, 1.165) is 56.8 Å². The number of aryl methyl sites for hydroxylation is 2. The van der Waals surface area contributed by atoms with Crippen LogP contribution >= 0.6 is 0 Å².